The van der Waals surface area contributed by atoms with Crippen molar-refractivity contribution in [1.29, 1.82) is 0 Å². The van der Waals surface area contributed by atoms with Crippen LogP contribution in [0, 0.1) is 0 Å². The SMILES string of the molecule is O=C(O)[C@H]1CCCN1S(=O)(=O)c1sc2ccccc2c1Cl. The Bertz CT molecular complexity index is 815. The van der Waals surface area contributed by atoms with Gasteiger partial charge in [-0.15, -0.1) is 11.3 Å². The average molecular weight is 346 g/mol. The average Bonchev–Trinajstić information content (AvgIpc) is 3.05. The molecule has 8 heteroatoms. The number of halogens is 1. The topological polar surface area (TPSA) is 74.7 Å². The maximum Gasteiger partial charge on any atom is 0.322 e. The Morgan fingerprint density at radius 3 is 2.76 bits per heavy atom. The summed E-state index contributed by atoms with van der Waals surface area (Å²) in [6.45, 7) is 0.212. The number of carboxylic acids is 1. The Labute approximate surface area is 130 Å². The first-order valence-electron chi connectivity index (χ1n) is 6.34. The molecule has 2 heterocycles. The van der Waals surface area contributed by atoms with Crippen LogP contribution in [0.2, 0.25) is 5.02 Å². The summed E-state index contributed by atoms with van der Waals surface area (Å²) >= 11 is 7.28. The first kappa shape index (κ1) is 14.8. The summed E-state index contributed by atoms with van der Waals surface area (Å²) in [4.78, 5) is 11.2. The van der Waals surface area contributed by atoms with Crippen LogP contribution in [0.25, 0.3) is 10.1 Å². The molecule has 112 valence electrons. The lowest BCUT2D eigenvalue weighted by Crippen LogP contribution is -2.40. The zero-order valence-electron chi connectivity index (χ0n) is 10.8. The standard InChI is InChI=1S/C13H12ClNO4S2/c14-11-8-4-1-2-6-10(8)20-13(11)21(18,19)15-7-3-5-9(15)12(16)17/h1-2,4,6,9H,3,5,7H2,(H,16,17)/t9-/m1/s1. The van der Waals surface area contributed by atoms with Gasteiger partial charge >= 0.3 is 5.97 Å². The van der Waals surface area contributed by atoms with Crippen LogP contribution in [0.5, 0.6) is 0 Å². The molecule has 5 nitrogen and oxygen atoms in total. The van der Waals surface area contributed by atoms with E-state index in [0.717, 1.165) is 20.3 Å². The van der Waals surface area contributed by atoms with Crippen LogP contribution in [-0.4, -0.2) is 36.4 Å². The molecule has 21 heavy (non-hydrogen) atoms. The highest BCUT2D eigenvalue weighted by Gasteiger charge is 2.41. The molecule has 1 aliphatic heterocycles. The molecule has 0 amide bonds. The van der Waals surface area contributed by atoms with Crippen LogP contribution in [0.4, 0.5) is 0 Å². The third-order valence-corrected chi connectivity index (χ3v) is 7.73. The minimum Gasteiger partial charge on any atom is -0.480 e. The maximum absolute atomic E-state index is 12.7. The molecule has 0 radical (unpaired) electrons. The molecule has 1 saturated heterocycles. The molecule has 0 unspecified atom stereocenters. The van der Waals surface area contributed by atoms with Crippen molar-refractivity contribution < 1.29 is 18.3 Å². The lowest BCUT2D eigenvalue weighted by molar-refractivity contribution is -0.140. The number of thiophene rings is 1. The number of hydrogen-bond donors (Lipinski definition) is 1. The summed E-state index contributed by atoms with van der Waals surface area (Å²) in [7, 11) is -3.89. The van der Waals surface area contributed by atoms with Crippen molar-refractivity contribution in [3.8, 4) is 0 Å². The number of nitrogens with zero attached hydrogens (tertiary/aromatic N) is 1. The predicted octanol–water partition coefficient (Wildman–Crippen LogP) is 2.79. The summed E-state index contributed by atoms with van der Waals surface area (Å²) in [6.07, 6.45) is 0.871. The quantitative estimate of drug-likeness (QED) is 0.928. The van der Waals surface area contributed by atoms with Gasteiger partial charge in [0.1, 0.15) is 6.04 Å². The van der Waals surface area contributed by atoms with Crippen LogP contribution >= 0.6 is 22.9 Å². The van der Waals surface area contributed by atoms with Gasteiger partial charge in [0.05, 0.1) is 5.02 Å². The Kier molecular flexibility index (Phi) is 3.69. The first-order valence-corrected chi connectivity index (χ1v) is 8.98. The fraction of sp³-hybridized carbons (Fsp3) is 0.308. The third-order valence-electron chi connectivity index (χ3n) is 3.54. The van der Waals surface area contributed by atoms with Crippen molar-refractivity contribution in [3.05, 3.63) is 29.3 Å². The first-order chi connectivity index (χ1) is 9.93. The van der Waals surface area contributed by atoms with Crippen molar-refractivity contribution in [2.24, 2.45) is 0 Å². The highest BCUT2D eigenvalue weighted by atomic mass is 35.5. The molecule has 3 rings (SSSR count). The van der Waals surface area contributed by atoms with E-state index in [1.807, 2.05) is 6.07 Å². The van der Waals surface area contributed by atoms with E-state index in [0.29, 0.717) is 18.2 Å². The fourth-order valence-electron chi connectivity index (χ4n) is 2.54. The second-order valence-corrected chi connectivity index (χ2v) is 8.33. The Morgan fingerprint density at radius 1 is 1.38 bits per heavy atom. The van der Waals surface area contributed by atoms with E-state index in [1.165, 1.54) is 0 Å². The van der Waals surface area contributed by atoms with Gasteiger partial charge in [0.15, 0.2) is 4.21 Å². The largest absolute Gasteiger partial charge is 0.480 e. The molecular formula is C13H12ClNO4S2. The number of benzene rings is 1. The Morgan fingerprint density at radius 2 is 2.10 bits per heavy atom. The summed E-state index contributed by atoms with van der Waals surface area (Å²) in [5.41, 5.74) is 0. The van der Waals surface area contributed by atoms with Gasteiger partial charge in [0.2, 0.25) is 0 Å². The van der Waals surface area contributed by atoms with Gasteiger partial charge in [-0.05, 0) is 18.9 Å². The lowest BCUT2D eigenvalue weighted by atomic mass is 10.2. The monoisotopic (exact) mass is 345 g/mol. The van der Waals surface area contributed by atoms with E-state index < -0.39 is 22.0 Å². The lowest BCUT2D eigenvalue weighted by Gasteiger charge is -2.20. The minimum atomic E-state index is -3.89. The van der Waals surface area contributed by atoms with Gasteiger partial charge in [-0.2, -0.15) is 4.31 Å². The molecule has 0 aliphatic carbocycles. The van der Waals surface area contributed by atoms with Crippen molar-refractivity contribution in [3.63, 3.8) is 0 Å². The molecule has 0 bridgehead atoms. The van der Waals surface area contributed by atoms with Crippen molar-refractivity contribution in [2.75, 3.05) is 6.54 Å². The maximum atomic E-state index is 12.7. The normalized spacial score (nSPS) is 20.1. The Balaban J connectivity index is 2.12. The molecule has 1 N–H and O–H groups in total. The molecule has 0 saturated carbocycles. The van der Waals surface area contributed by atoms with Crippen molar-refractivity contribution in [1.82, 2.24) is 4.31 Å². The summed E-state index contributed by atoms with van der Waals surface area (Å²) in [5, 5.41) is 10.0. The highest BCUT2D eigenvalue weighted by Crippen LogP contribution is 2.41. The van der Waals surface area contributed by atoms with E-state index >= 15 is 0 Å². The van der Waals surface area contributed by atoms with Gasteiger partial charge in [0.25, 0.3) is 10.0 Å². The van der Waals surface area contributed by atoms with Crippen molar-refractivity contribution in [2.45, 2.75) is 23.1 Å². The number of carbonyl (C=O) groups is 1. The minimum absolute atomic E-state index is 0.0264. The number of fused-ring (bicyclic) bond motifs is 1. The Hall–Kier alpha value is -1.15. The van der Waals surface area contributed by atoms with Gasteiger partial charge < -0.3 is 5.11 Å². The molecule has 1 aromatic heterocycles. The van der Waals surface area contributed by atoms with Crippen LogP contribution in [-0.2, 0) is 14.8 Å². The van der Waals surface area contributed by atoms with Crippen LogP contribution < -0.4 is 0 Å². The van der Waals surface area contributed by atoms with Gasteiger partial charge in [-0.25, -0.2) is 8.42 Å². The second kappa shape index (κ2) is 5.24. The summed E-state index contributed by atoms with van der Waals surface area (Å²) in [5.74, 6) is -1.12. The molecule has 1 fully saturated rings. The van der Waals surface area contributed by atoms with Gasteiger partial charge in [-0.1, -0.05) is 29.8 Å². The van der Waals surface area contributed by atoms with E-state index in [2.05, 4.69) is 0 Å². The number of sulfonamides is 1. The fourth-order valence-corrected chi connectivity index (χ4v) is 6.42. The number of rotatable bonds is 3. The van der Waals surface area contributed by atoms with Crippen LogP contribution in [0.15, 0.2) is 28.5 Å². The molecule has 1 aromatic carbocycles. The van der Waals surface area contributed by atoms with Crippen LogP contribution in [0.1, 0.15) is 12.8 Å². The highest BCUT2D eigenvalue weighted by molar-refractivity contribution is 7.91. The number of carboxylic acid groups (broad SMARTS) is 1. The predicted molar refractivity (Wildman–Crippen MR) is 81.4 cm³/mol. The zero-order chi connectivity index (χ0) is 15.2. The van der Waals surface area contributed by atoms with Crippen LogP contribution in [0.3, 0.4) is 0 Å². The van der Waals surface area contributed by atoms with Crippen molar-refractivity contribution >= 4 is 49.0 Å². The molecule has 1 aliphatic rings. The van der Waals surface area contributed by atoms with E-state index in [1.54, 1.807) is 18.2 Å². The number of aliphatic carboxylic acids is 1. The zero-order valence-corrected chi connectivity index (χ0v) is 13.2. The van der Waals surface area contributed by atoms with E-state index in [4.69, 9.17) is 16.7 Å². The van der Waals surface area contributed by atoms with Gasteiger partial charge in [0, 0.05) is 16.6 Å². The molecular weight excluding hydrogens is 334 g/mol. The van der Waals surface area contributed by atoms with E-state index in [9.17, 15) is 13.2 Å². The smallest absolute Gasteiger partial charge is 0.322 e. The summed E-state index contributed by atoms with van der Waals surface area (Å²) < 4.78 is 27.3. The van der Waals surface area contributed by atoms with Gasteiger partial charge in [-0.3, -0.25) is 4.79 Å². The number of hydrogen-bond acceptors (Lipinski definition) is 4. The third kappa shape index (κ3) is 2.34. The van der Waals surface area contributed by atoms with E-state index in [-0.39, 0.29) is 15.8 Å². The molecule has 0 spiro atoms. The molecule has 2 aromatic rings. The summed E-state index contributed by atoms with van der Waals surface area (Å²) in [6, 6.07) is 6.14. The second-order valence-electron chi connectivity index (χ2n) is 4.81. The molecule has 1 atom stereocenters.